The van der Waals surface area contributed by atoms with Gasteiger partial charge in [-0.05, 0) is 18.2 Å². The van der Waals surface area contributed by atoms with Crippen LogP contribution in [0.25, 0.3) is 11.3 Å². The maximum Gasteiger partial charge on any atom is 0.416 e. The number of hydrogen-bond acceptors (Lipinski definition) is 2. The van der Waals surface area contributed by atoms with Crippen LogP contribution in [0.4, 0.5) is 17.6 Å². The second-order valence-electron chi connectivity index (χ2n) is 3.79. The standard InChI is InChI=1S/C13H7F4NO/c14-11-6-18-12(5-9(11)7-19)8-2-1-3-10(4-8)13(15,16)17/h1-7H. The Bertz CT molecular complexity index is 622. The zero-order valence-electron chi connectivity index (χ0n) is 9.41. The molecule has 0 N–H and O–H groups in total. The van der Waals surface area contributed by atoms with Crippen LogP contribution in [0.2, 0.25) is 0 Å². The minimum Gasteiger partial charge on any atom is -0.298 e. The number of aromatic nitrogens is 1. The van der Waals surface area contributed by atoms with Gasteiger partial charge in [0.15, 0.2) is 12.1 Å². The van der Waals surface area contributed by atoms with E-state index in [4.69, 9.17) is 0 Å². The van der Waals surface area contributed by atoms with Gasteiger partial charge in [0.05, 0.1) is 23.0 Å². The van der Waals surface area contributed by atoms with Crippen molar-refractivity contribution in [1.29, 1.82) is 0 Å². The highest BCUT2D eigenvalue weighted by atomic mass is 19.4. The first kappa shape index (κ1) is 13.2. The van der Waals surface area contributed by atoms with Crippen LogP contribution in [-0.2, 0) is 6.18 Å². The average Bonchev–Trinajstić information content (AvgIpc) is 2.38. The van der Waals surface area contributed by atoms with Gasteiger partial charge in [-0.3, -0.25) is 9.78 Å². The van der Waals surface area contributed by atoms with Crippen LogP contribution in [0.3, 0.4) is 0 Å². The van der Waals surface area contributed by atoms with E-state index in [2.05, 4.69) is 4.98 Å². The molecule has 2 aromatic rings. The van der Waals surface area contributed by atoms with Crippen molar-refractivity contribution >= 4 is 6.29 Å². The van der Waals surface area contributed by atoms with E-state index in [1.807, 2.05) is 0 Å². The highest BCUT2D eigenvalue weighted by molar-refractivity contribution is 5.78. The Balaban J connectivity index is 2.50. The number of hydrogen-bond donors (Lipinski definition) is 0. The van der Waals surface area contributed by atoms with Crippen molar-refractivity contribution < 1.29 is 22.4 Å². The maximum atomic E-state index is 13.1. The molecule has 6 heteroatoms. The topological polar surface area (TPSA) is 30.0 Å². The monoisotopic (exact) mass is 269 g/mol. The molecule has 98 valence electrons. The number of halogens is 4. The summed E-state index contributed by atoms with van der Waals surface area (Å²) in [4.78, 5) is 14.3. The molecule has 19 heavy (non-hydrogen) atoms. The molecule has 0 saturated carbocycles. The van der Waals surface area contributed by atoms with E-state index in [1.54, 1.807) is 0 Å². The van der Waals surface area contributed by atoms with Crippen molar-refractivity contribution in [3.63, 3.8) is 0 Å². The number of benzene rings is 1. The van der Waals surface area contributed by atoms with E-state index in [1.165, 1.54) is 12.1 Å². The predicted molar refractivity (Wildman–Crippen MR) is 60.0 cm³/mol. The lowest BCUT2D eigenvalue weighted by atomic mass is 10.1. The molecule has 0 fully saturated rings. The molecule has 2 nitrogen and oxygen atoms in total. The van der Waals surface area contributed by atoms with E-state index in [0.717, 1.165) is 24.4 Å². The number of alkyl halides is 3. The van der Waals surface area contributed by atoms with Gasteiger partial charge in [-0.2, -0.15) is 13.2 Å². The summed E-state index contributed by atoms with van der Waals surface area (Å²) < 4.78 is 50.8. The van der Waals surface area contributed by atoms with Crippen LogP contribution in [-0.4, -0.2) is 11.3 Å². The lowest BCUT2D eigenvalue weighted by molar-refractivity contribution is -0.137. The SMILES string of the molecule is O=Cc1cc(-c2cccc(C(F)(F)F)c2)ncc1F. The second-order valence-corrected chi connectivity index (χ2v) is 3.79. The summed E-state index contributed by atoms with van der Waals surface area (Å²) in [5.41, 5.74) is -0.807. The van der Waals surface area contributed by atoms with Gasteiger partial charge in [-0.15, -0.1) is 0 Å². The molecule has 1 aromatic heterocycles. The minimum absolute atomic E-state index is 0.106. The normalized spacial score (nSPS) is 11.4. The lowest BCUT2D eigenvalue weighted by Crippen LogP contribution is -2.04. The van der Waals surface area contributed by atoms with E-state index in [0.29, 0.717) is 0 Å². The molecule has 0 unspecified atom stereocenters. The van der Waals surface area contributed by atoms with Gasteiger partial charge in [-0.1, -0.05) is 12.1 Å². The van der Waals surface area contributed by atoms with Crippen molar-refractivity contribution in [1.82, 2.24) is 4.98 Å². The van der Waals surface area contributed by atoms with Gasteiger partial charge in [0.1, 0.15) is 0 Å². The van der Waals surface area contributed by atoms with Crippen molar-refractivity contribution in [3.05, 3.63) is 53.5 Å². The highest BCUT2D eigenvalue weighted by Gasteiger charge is 2.30. The first-order chi connectivity index (χ1) is 8.91. The van der Waals surface area contributed by atoms with Crippen molar-refractivity contribution in [2.75, 3.05) is 0 Å². The number of rotatable bonds is 2. The fourth-order valence-electron chi connectivity index (χ4n) is 1.56. The van der Waals surface area contributed by atoms with E-state index < -0.39 is 17.6 Å². The maximum absolute atomic E-state index is 13.1. The van der Waals surface area contributed by atoms with E-state index in [9.17, 15) is 22.4 Å². The molecule has 0 amide bonds. The third-order valence-corrected chi connectivity index (χ3v) is 2.50. The summed E-state index contributed by atoms with van der Waals surface area (Å²) in [7, 11) is 0. The molecule has 0 atom stereocenters. The molecule has 0 aliphatic carbocycles. The Kier molecular flexibility index (Phi) is 3.33. The predicted octanol–water partition coefficient (Wildman–Crippen LogP) is 3.72. The number of aldehydes is 1. The van der Waals surface area contributed by atoms with Crippen molar-refractivity contribution in [2.45, 2.75) is 6.18 Å². The highest BCUT2D eigenvalue weighted by Crippen LogP contribution is 2.31. The van der Waals surface area contributed by atoms with Gasteiger partial charge >= 0.3 is 6.18 Å². The number of carbonyl (C=O) groups excluding carboxylic acids is 1. The van der Waals surface area contributed by atoms with Crippen LogP contribution in [0.1, 0.15) is 15.9 Å². The molecular formula is C13H7F4NO. The van der Waals surface area contributed by atoms with Gasteiger partial charge in [0, 0.05) is 5.56 Å². The van der Waals surface area contributed by atoms with Crippen LogP contribution in [0, 0.1) is 5.82 Å². The molecule has 0 spiro atoms. The summed E-state index contributed by atoms with van der Waals surface area (Å²) >= 11 is 0. The molecule has 0 radical (unpaired) electrons. The van der Waals surface area contributed by atoms with Crippen LogP contribution in [0.15, 0.2) is 36.5 Å². The second kappa shape index (κ2) is 4.79. The smallest absolute Gasteiger partial charge is 0.298 e. The third kappa shape index (κ3) is 2.78. The van der Waals surface area contributed by atoms with Gasteiger partial charge in [-0.25, -0.2) is 4.39 Å². The number of nitrogens with zero attached hydrogens (tertiary/aromatic N) is 1. The third-order valence-electron chi connectivity index (χ3n) is 2.50. The van der Waals surface area contributed by atoms with Gasteiger partial charge < -0.3 is 0 Å². The first-order valence-corrected chi connectivity index (χ1v) is 5.20. The Labute approximate surface area is 105 Å². The van der Waals surface area contributed by atoms with Crippen molar-refractivity contribution in [3.8, 4) is 11.3 Å². The molecule has 0 aliphatic heterocycles. The summed E-state index contributed by atoms with van der Waals surface area (Å²) in [6.07, 6.45) is -3.38. The zero-order valence-corrected chi connectivity index (χ0v) is 9.41. The summed E-state index contributed by atoms with van der Waals surface area (Å²) in [6.45, 7) is 0. The Morgan fingerprint density at radius 2 is 1.89 bits per heavy atom. The molecule has 2 rings (SSSR count). The van der Waals surface area contributed by atoms with Gasteiger partial charge in [0.2, 0.25) is 0 Å². The van der Waals surface area contributed by atoms with E-state index >= 15 is 0 Å². The number of pyridine rings is 1. The Morgan fingerprint density at radius 1 is 1.16 bits per heavy atom. The summed E-state index contributed by atoms with van der Waals surface area (Å²) in [6, 6.07) is 5.56. The average molecular weight is 269 g/mol. The van der Waals surface area contributed by atoms with Crippen LogP contribution in [0.5, 0.6) is 0 Å². The van der Waals surface area contributed by atoms with E-state index in [-0.39, 0.29) is 23.1 Å². The molecule has 1 heterocycles. The summed E-state index contributed by atoms with van der Waals surface area (Å²) in [5.74, 6) is -0.814. The largest absolute Gasteiger partial charge is 0.416 e. The quantitative estimate of drug-likeness (QED) is 0.614. The zero-order chi connectivity index (χ0) is 14.0. The van der Waals surface area contributed by atoms with Crippen molar-refractivity contribution in [2.24, 2.45) is 0 Å². The number of carbonyl (C=O) groups is 1. The molecule has 0 saturated heterocycles. The van der Waals surface area contributed by atoms with Gasteiger partial charge in [0.25, 0.3) is 0 Å². The summed E-state index contributed by atoms with van der Waals surface area (Å²) in [5, 5.41) is 0. The van der Waals surface area contributed by atoms with Crippen LogP contribution < -0.4 is 0 Å². The lowest BCUT2D eigenvalue weighted by Gasteiger charge is -2.08. The minimum atomic E-state index is -4.47. The molecular weight excluding hydrogens is 262 g/mol. The molecule has 1 aromatic carbocycles. The fraction of sp³-hybridized carbons (Fsp3) is 0.0769. The van der Waals surface area contributed by atoms with Crippen LogP contribution >= 0.6 is 0 Å². The Morgan fingerprint density at radius 3 is 2.53 bits per heavy atom. The first-order valence-electron chi connectivity index (χ1n) is 5.20. The molecule has 0 aliphatic rings. The Hall–Kier alpha value is -2.24. The fourth-order valence-corrected chi connectivity index (χ4v) is 1.56. The molecule has 0 bridgehead atoms.